The zero-order valence-corrected chi connectivity index (χ0v) is 16.6. The zero-order valence-electron chi connectivity index (χ0n) is 16.6. The lowest BCUT2D eigenvalue weighted by Crippen LogP contribution is -2.20. The lowest BCUT2D eigenvalue weighted by Gasteiger charge is -2.02. The molecule has 0 bridgehead atoms. The van der Waals surface area contributed by atoms with E-state index in [0.29, 0.717) is 16.8 Å². The molecule has 32 heavy (non-hydrogen) atoms. The van der Waals surface area contributed by atoms with Gasteiger partial charge in [-0.05, 0) is 42.5 Å². The van der Waals surface area contributed by atoms with Crippen LogP contribution in [0.1, 0.15) is 5.56 Å². The van der Waals surface area contributed by atoms with Crippen LogP contribution in [0.3, 0.4) is 0 Å². The van der Waals surface area contributed by atoms with E-state index >= 15 is 0 Å². The van der Waals surface area contributed by atoms with Gasteiger partial charge < -0.3 is 14.6 Å². The summed E-state index contributed by atoms with van der Waals surface area (Å²) in [5, 5.41) is 10.5. The number of benzene rings is 2. The van der Waals surface area contributed by atoms with Gasteiger partial charge in [0.15, 0.2) is 12.4 Å². The summed E-state index contributed by atoms with van der Waals surface area (Å²) in [6.45, 7) is -0.482. The van der Waals surface area contributed by atoms with Crippen LogP contribution in [0.25, 0.3) is 23.0 Å². The zero-order chi connectivity index (χ0) is 22.3. The van der Waals surface area contributed by atoms with Crippen molar-refractivity contribution in [3.63, 3.8) is 0 Å². The van der Waals surface area contributed by atoms with Crippen molar-refractivity contribution in [2.75, 3.05) is 11.9 Å². The van der Waals surface area contributed by atoms with E-state index in [4.69, 9.17) is 4.74 Å². The lowest BCUT2D eigenvalue weighted by molar-refractivity contribution is -0.142. The molecule has 0 aliphatic heterocycles. The van der Waals surface area contributed by atoms with E-state index in [-0.39, 0.29) is 11.6 Å². The number of anilines is 1. The largest absolute Gasteiger partial charge is 0.452 e. The lowest BCUT2D eigenvalue weighted by atomic mass is 10.1. The fraction of sp³-hybridized carbons (Fsp3) is 0.0435. The summed E-state index contributed by atoms with van der Waals surface area (Å²) in [5.74, 6) is -1.40. The molecule has 4 aromatic rings. The number of hydrogen-bond acceptors (Lipinski definition) is 6. The summed E-state index contributed by atoms with van der Waals surface area (Å²) in [6.07, 6.45) is 5.78. The molecule has 0 atom stereocenters. The first kappa shape index (κ1) is 20.7. The average molecular weight is 432 g/mol. The van der Waals surface area contributed by atoms with Crippen LogP contribution in [0.2, 0.25) is 0 Å². The summed E-state index contributed by atoms with van der Waals surface area (Å²) in [6, 6.07) is 16.8. The van der Waals surface area contributed by atoms with Gasteiger partial charge in [-0.3, -0.25) is 4.79 Å². The summed E-state index contributed by atoms with van der Waals surface area (Å²) < 4.78 is 24.6. The summed E-state index contributed by atoms with van der Waals surface area (Å²) in [7, 11) is 0. The first-order chi connectivity index (χ1) is 15.6. The molecular formula is C23H17FN4O4. The Kier molecular flexibility index (Phi) is 6.17. The first-order valence-electron chi connectivity index (χ1n) is 9.54. The summed E-state index contributed by atoms with van der Waals surface area (Å²) in [4.78, 5) is 23.9. The van der Waals surface area contributed by atoms with Crippen LogP contribution in [0.15, 0.2) is 83.7 Å². The molecule has 0 radical (unpaired) electrons. The minimum absolute atomic E-state index is 0.221. The Hall–Kier alpha value is -4.53. The highest BCUT2D eigenvalue weighted by atomic mass is 19.1. The second-order valence-corrected chi connectivity index (χ2v) is 6.59. The van der Waals surface area contributed by atoms with E-state index in [1.807, 2.05) is 30.3 Å². The van der Waals surface area contributed by atoms with E-state index in [2.05, 4.69) is 20.1 Å². The van der Waals surface area contributed by atoms with Crippen LogP contribution in [-0.2, 0) is 14.3 Å². The molecule has 0 saturated heterocycles. The molecule has 1 amide bonds. The van der Waals surface area contributed by atoms with Gasteiger partial charge in [-0.25, -0.2) is 13.9 Å². The van der Waals surface area contributed by atoms with E-state index in [1.165, 1.54) is 36.6 Å². The number of rotatable bonds is 7. The van der Waals surface area contributed by atoms with E-state index in [9.17, 15) is 14.0 Å². The molecule has 0 spiro atoms. The number of ether oxygens (including phenoxy) is 1. The average Bonchev–Trinajstić information content (AvgIpc) is 3.47. The maximum atomic E-state index is 13.4. The maximum Gasteiger partial charge on any atom is 0.331 e. The molecule has 2 aromatic carbocycles. The Labute approximate surface area is 181 Å². The Balaban J connectivity index is 1.50. The van der Waals surface area contributed by atoms with Gasteiger partial charge in [0, 0.05) is 29.5 Å². The minimum Gasteiger partial charge on any atom is -0.452 e. The Morgan fingerprint density at radius 1 is 1.09 bits per heavy atom. The monoisotopic (exact) mass is 432 g/mol. The van der Waals surface area contributed by atoms with Crippen LogP contribution in [-0.4, -0.2) is 33.4 Å². The Bertz CT molecular complexity index is 1230. The molecule has 2 heterocycles. The molecule has 0 saturated carbocycles. The normalized spacial score (nSPS) is 10.9. The van der Waals surface area contributed by atoms with E-state index in [0.717, 1.165) is 5.69 Å². The molecule has 4 rings (SSSR count). The molecule has 1 N–H and O–H groups in total. The number of esters is 1. The van der Waals surface area contributed by atoms with Gasteiger partial charge in [0.25, 0.3) is 5.91 Å². The number of aromatic nitrogens is 3. The fourth-order valence-electron chi connectivity index (χ4n) is 2.85. The van der Waals surface area contributed by atoms with Gasteiger partial charge in [-0.15, -0.1) is 0 Å². The molecule has 0 fully saturated rings. The highest BCUT2D eigenvalue weighted by molar-refractivity contribution is 5.94. The minimum atomic E-state index is -0.710. The van der Waals surface area contributed by atoms with Crippen LogP contribution < -0.4 is 5.32 Å². The molecule has 0 aliphatic carbocycles. The predicted octanol–water partition coefficient (Wildman–Crippen LogP) is 3.86. The van der Waals surface area contributed by atoms with Crippen LogP contribution in [0, 0.1) is 5.82 Å². The SMILES string of the molecule is O=C(COC(=O)/C=C/c1cn(-c2ccccc2)nc1-c1ccc(F)cc1)Nc1ccon1. The second kappa shape index (κ2) is 9.52. The quantitative estimate of drug-likeness (QED) is 0.352. The van der Waals surface area contributed by atoms with Crippen molar-refractivity contribution in [1.29, 1.82) is 0 Å². The molecule has 0 unspecified atom stereocenters. The van der Waals surface area contributed by atoms with E-state index in [1.54, 1.807) is 23.0 Å². The van der Waals surface area contributed by atoms with Crippen molar-refractivity contribution in [3.05, 3.63) is 90.6 Å². The molecule has 8 nitrogen and oxygen atoms in total. The van der Waals surface area contributed by atoms with Crippen LogP contribution >= 0.6 is 0 Å². The van der Waals surface area contributed by atoms with Crippen molar-refractivity contribution < 1.29 is 23.2 Å². The molecular weight excluding hydrogens is 415 g/mol. The smallest absolute Gasteiger partial charge is 0.331 e. The molecule has 2 aromatic heterocycles. The third kappa shape index (κ3) is 5.14. The summed E-state index contributed by atoms with van der Waals surface area (Å²) >= 11 is 0. The number of carbonyl (C=O) groups is 2. The third-order valence-electron chi connectivity index (χ3n) is 4.33. The standard InChI is InChI=1S/C23H17FN4O4/c24-18-9-6-16(7-10-18)23-17(14-28(26-23)19-4-2-1-3-5-19)8-11-22(30)31-15-21(29)25-20-12-13-32-27-20/h1-14H,15H2,(H,25,27,29)/b11-8+. The van der Waals surface area contributed by atoms with Gasteiger partial charge in [0.1, 0.15) is 12.1 Å². The second-order valence-electron chi connectivity index (χ2n) is 6.59. The van der Waals surface area contributed by atoms with Crippen LogP contribution in [0.5, 0.6) is 0 Å². The van der Waals surface area contributed by atoms with Crippen molar-refractivity contribution in [2.24, 2.45) is 0 Å². The predicted molar refractivity (Wildman–Crippen MR) is 114 cm³/mol. The summed E-state index contributed by atoms with van der Waals surface area (Å²) in [5.41, 5.74) is 2.68. The van der Waals surface area contributed by atoms with Gasteiger partial charge in [-0.2, -0.15) is 5.10 Å². The third-order valence-corrected chi connectivity index (χ3v) is 4.33. The fourth-order valence-corrected chi connectivity index (χ4v) is 2.85. The number of nitrogens with zero attached hydrogens (tertiary/aromatic N) is 3. The molecule has 0 aliphatic rings. The number of nitrogens with one attached hydrogen (secondary N) is 1. The number of amides is 1. The van der Waals surface area contributed by atoms with Crippen molar-refractivity contribution >= 4 is 23.8 Å². The highest BCUT2D eigenvalue weighted by Crippen LogP contribution is 2.25. The highest BCUT2D eigenvalue weighted by Gasteiger charge is 2.12. The van der Waals surface area contributed by atoms with Crippen molar-refractivity contribution in [3.8, 4) is 16.9 Å². The van der Waals surface area contributed by atoms with Gasteiger partial charge >= 0.3 is 5.97 Å². The number of para-hydroxylation sites is 1. The number of carbonyl (C=O) groups excluding carboxylic acids is 2. The molecule has 160 valence electrons. The first-order valence-corrected chi connectivity index (χ1v) is 9.54. The number of halogens is 1. The van der Waals surface area contributed by atoms with Crippen molar-refractivity contribution in [1.82, 2.24) is 14.9 Å². The Morgan fingerprint density at radius 3 is 2.59 bits per heavy atom. The Morgan fingerprint density at radius 2 is 1.88 bits per heavy atom. The van der Waals surface area contributed by atoms with Gasteiger partial charge in [0.2, 0.25) is 0 Å². The maximum absolute atomic E-state index is 13.4. The van der Waals surface area contributed by atoms with Gasteiger partial charge in [0.05, 0.1) is 11.4 Å². The topological polar surface area (TPSA) is 99.2 Å². The van der Waals surface area contributed by atoms with Gasteiger partial charge in [-0.1, -0.05) is 23.4 Å². The van der Waals surface area contributed by atoms with E-state index < -0.39 is 18.5 Å². The molecule has 9 heteroatoms. The number of hydrogen-bond donors (Lipinski definition) is 1. The van der Waals surface area contributed by atoms with Crippen molar-refractivity contribution in [2.45, 2.75) is 0 Å². The van der Waals surface area contributed by atoms with Crippen LogP contribution in [0.4, 0.5) is 10.2 Å².